The van der Waals surface area contributed by atoms with Gasteiger partial charge >= 0.3 is 0 Å². The number of carbonyl (C=O) groups is 1. The van der Waals surface area contributed by atoms with Crippen LogP contribution in [0.25, 0.3) is 0 Å². The van der Waals surface area contributed by atoms with Gasteiger partial charge in [0.05, 0.1) is 0 Å². The van der Waals surface area contributed by atoms with E-state index in [0.717, 1.165) is 31.4 Å². The van der Waals surface area contributed by atoms with E-state index in [1.54, 1.807) is 0 Å². The molecule has 2 rings (SSSR count). The molecule has 1 amide bonds. The van der Waals surface area contributed by atoms with Crippen LogP contribution in [0.2, 0.25) is 0 Å². The highest BCUT2D eigenvalue weighted by Crippen LogP contribution is 2.36. The number of rotatable bonds is 7. The van der Waals surface area contributed by atoms with Crippen molar-refractivity contribution in [2.24, 2.45) is 11.8 Å². The first-order valence-corrected chi connectivity index (χ1v) is 7.19. The lowest BCUT2D eigenvalue weighted by Crippen LogP contribution is -2.31. The Hall–Kier alpha value is -1.38. The van der Waals surface area contributed by atoms with Crippen LogP contribution in [0, 0.1) is 17.7 Å². The third kappa shape index (κ3) is 4.66. The minimum absolute atomic E-state index is 0.178. The monoisotopic (exact) mass is 263 g/mol. The summed E-state index contributed by atoms with van der Waals surface area (Å²) in [6, 6.07) is 6.63. The van der Waals surface area contributed by atoms with E-state index >= 15 is 0 Å². The largest absolute Gasteiger partial charge is 0.356 e. The van der Waals surface area contributed by atoms with Gasteiger partial charge in [-0.15, -0.1) is 0 Å². The smallest absolute Gasteiger partial charge is 0.223 e. The van der Waals surface area contributed by atoms with Gasteiger partial charge in [-0.1, -0.05) is 19.1 Å². The van der Waals surface area contributed by atoms with Gasteiger partial charge in [-0.25, -0.2) is 4.39 Å². The van der Waals surface area contributed by atoms with E-state index in [4.69, 9.17) is 0 Å². The van der Waals surface area contributed by atoms with Crippen LogP contribution in [0.4, 0.5) is 4.39 Å². The molecule has 1 fully saturated rings. The van der Waals surface area contributed by atoms with Crippen LogP contribution < -0.4 is 5.32 Å². The fraction of sp³-hybridized carbons (Fsp3) is 0.562. The van der Waals surface area contributed by atoms with Gasteiger partial charge in [0, 0.05) is 12.5 Å². The van der Waals surface area contributed by atoms with Gasteiger partial charge in [-0.05, 0) is 55.7 Å². The molecule has 3 heteroatoms. The highest BCUT2D eigenvalue weighted by atomic mass is 19.1. The summed E-state index contributed by atoms with van der Waals surface area (Å²) in [6.07, 6.45) is 5.34. The molecule has 0 heterocycles. The second-order valence-electron chi connectivity index (χ2n) is 5.50. The Kier molecular flexibility index (Phi) is 4.94. The molecular weight excluding hydrogens is 241 g/mol. The van der Waals surface area contributed by atoms with Gasteiger partial charge in [-0.3, -0.25) is 4.79 Å². The van der Waals surface area contributed by atoms with Crippen molar-refractivity contribution < 1.29 is 9.18 Å². The van der Waals surface area contributed by atoms with Crippen molar-refractivity contribution in [1.82, 2.24) is 5.32 Å². The Morgan fingerprint density at radius 2 is 2.00 bits per heavy atom. The number of benzene rings is 1. The summed E-state index contributed by atoms with van der Waals surface area (Å²) in [5.41, 5.74) is 1.15. The molecule has 1 unspecified atom stereocenters. The number of carbonyl (C=O) groups excluding carboxylic acids is 1. The molecule has 1 atom stereocenters. The molecule has 0 spiro atoms. The molecule has 1 saturated carbocycles. The number of hydrogen-bond acceptors (Lipinski definition) is 1. The van der Waals surface area contributed by atoms with Crippen LogP contribution >= 0.6 is 0 Å². The molecule has 0 saturated heterocycles. The van der Waals surface area contributed by atoms with Gasteiger partial charge in [0.25, 0.3) is 0 Å². The zero-order chi connectivity index (χ0) is 13.7. The van der Waals surface area contributed by atoms with Gasteiger partial charge in [0.15, 0.2) is 0 Å². The van der Waals surface area contributed by atoms with Gasteiger partial charge in [0.1, 0.15) is 5.82 Å². The van der Waals surface area contributed by atoms with Gasteiger partial charge in [0.2, 0.25) is 5.91 Å². The number of halogens is 1. The highest BCUT2D eigenvalue weighted by Gasteiger charge is 2.32. The van der Waals surface area contributed by atoms with Crippen molar-refractivity contribution in [3.63, 3.8) is 0 Å². The second kappa shape index (κ2) is 6.69. The molecule has 0 radical (unpaired) electrons. The zero-order valence-corrected chi connectivity index (χ0v) is 11.5. The molecule has 1 aromatic rings. The Bertz CT molecular complexity index is 411. The summed E-state index contributed by atoms with van der Waals surface area (Å²) in [6.45, 7) is 2.77. The molecule has 1 N–H and O–H groups in total. The molecule has 1 aliphatic carbocycles. The maximum atomic E-state index is 12.7. The second-order valence-corrected chi connectivity index (χ2v) is 5.50. The third-order valence-corrected chi connectivity index (χ3v) is 3.85. The Morgan fingerprint density at radius 3 is 2.63 bits per heavy atom. The van der Waals surface area contributed by atoms with Crippen LogP contribution in [0.5, 0.6) is 0 Å². The van der Waals surface area contributed by atoms with E-state index < -0.39 is 0 Å². The Morgan fingerprint density at radius 1 is 1.32 bits per heavy atom. The van der Waals surface area contributed by atoms with Crippen molar-refractivity contribution in [2.75, 3.05) is 6.54 Å². The van der Waals surface area contributed by atoms with Gasteiger partial charge in [-0.2, -0.15) is 0 Å². The summed E-state index contributed by atoms with van der Waals surface area (Å²) in [7, 11) is 0. The SMILES string of the molecule is CC(C(=O)NCCCCc1ccc(F)cc1)C1CC1. The first kappa shape index (κ1) is 14.0. The minimum Gasteiger partial charge on any atom is -0.356 e. The minimum atomic E-state index is -0.190. The first-order chi connectivity index (χ1) is 9.16. The average molecular weight is 263 g/mol. The normalized spacial score (nSPS) is 16.1. The third-order valence-electron chi connectivity index (χ3n) is 3.85. The molecule has 19 heavy (non-hydrogen) atoms. The number of amides is 1. The topological polar surface area (TPSA) is 29.1 Å². The summed E-state index contributed by atoms with van der Waals surface area (Å²) in [4.78, 5) is 11.7. The molecule has 0 aliphatic heterocycles. The van der Waals surface area contributed by atoms with E-state index in [2.05, 4.69) is 5.32 Å². The maximum Gasteiger partial charge on any atom is 0.223 e. The van der Waals surface area contributed by atoms with Crippen LogP contribution in [0.3, 0.4) is 0 Å². The van der Waals surface area contributed by atoms with Crippen LogP contribution in [-0.4, -0.2) is 12.5 Å². The molecule has 1 aromatic carbocycles. The van der Waals surface area contributed by atoms with Crippen LogP contribution in [-0.2, 0) is 11.2 Å². The predicted molar refractivity (Wildman–Crippen MR) is 74.2 cm³/mol. The lowest BCUT2D eigenvalue weighted by atomic mass is 10.1. The summed E-state index contributed by atoms with van der Waals surface area (Å²) < 4.78 is 12.7. The molecular formula is C16H22FNO. The fourth-order valence-corrected chi connectivity index (χ4v) is 2.29. The molecule has 2 nitrogen and oxygen atoms in total. The quantitative estimate of drug-likeness (QED) is 0.751. The van der Waals surface area contributed by atoms with Crippen molar-refractivity contribution in [3.8, 4) is 0 Å². The highest BCUT2D eigenvalue weighted by molar-refractivity contribution is 5.78. The van der Waals surface area contributed by atoms with Crippen molar-refractivity contribution in [1.29, 1.82) is 0 Å². The molecule has 0 aromatic heterocycles. The lowest BCUT2D eigenvalue weighted by molar-refractivity contribution is -0.125. The lowest BCUT2D eigenvalue weighted by Gasteiger charge is -2.10. The van der Waals surface area contributed by atoms with Crippen LogP contribution in [0.1, 0.15) is 38.2 Å². The molecule has 1 aliphatic rings. The first-order valence-electron chi connectivity index (χ1n) is 7.19. The number of unbranched alkanes of at least 4 members (excludes halogenated alkanes) is 1. The number of aryl methyl sites for hydroxylation is 1. The standard InChI is InChI=1S/C16H22FNO/c1-12(14-7-8-14)16(19)18-11-3-2-4-13-5-9-15(17)10-6-13/h5-6,9-10,12,14H,2-4,7-8,11H2,1H3,(H,18,19). The van der Waals surface area contributed by atoms with Crippen LogP contribution in [0.15, 0.2) is 24.3 Å². The number of hydrogen-bond donors (Lipinski definition) is 1. The molecule has 104 valence electrons. The van der Waals surface area contributed by atoms with E-state index in [0.29, 0.717) is 5.92 Å². The summed E-state index contributed by atoms with van der Waals surface area (Å²) >= 11 is 0. The average Bonchev–Trinajstić information content (AvgIpc) is 3.24. The summed E-state index contributed by atoms with van der Waals surface area (Å²) in [5, 5.41) is 3.00. The van der Waals surface area contributed by atoms with E-state index in [9.17, 15) is 9.18 Å². The Labute approximate surface area is 114 Å². The van der Waals surface area contributed by atoms with Crippen molar-refractivity contribution >= 4 is 5.91 Å². The van der Waals surface area contributed by atoms with Crippen molar-refractivity contribution in [3.05, 3.63) is 35.6 Å². The predicted octanol–water partition coefficient (Wildman–Crippen LogP) is 3.31. The molecule has 0 bridgehead atoms. The van der Waals surface area contributed by atoms with Gasteiger partial charge < -0.3 is 5.32 Å². The number of nitrogens with one attached hydrogen (secondary N) is 1. The summed E-state index contributed by atoms with van der Waals surface area (Å²) in [5.74, 6) is 0.811. The fourth-order valence-electron chi connectivity index (χ4n) is 2.29. The van der Waals surface area contributed by atoms with E-state index in [-0.39, 0.29) is 17.6 Å². The Balaban J connectivity index is 1.56. The van der Waals surface area contributed by atoms with E-state index in [1.165, 1.54) is 25.0 Å². The van der Waals surface area contributed by atoms with E-state index in [1.807, 2.05) is 19.1 Å². The van der Waals surface area contributed by atoms with Crippen molar-refractivity contribution in [2.45, 2.75) is 39.0 Å². The zero-order valence-electron chi connectivity index (χ0n) is 11.5. The maximum absolute atomic E-state index is 12.7.